The zero-order valence-corrected chi connectivity index (χ0v) is 11.8. The molecule has 0 unspecified atom stereocenters. The van der Waals surface area contributed by atoms with Gasteiger partial charge in [0.2, 0.25) is 0 Å². The maximum atomic E-state index is 11.9. The van der Waals surface area contributed by atoms with Gasteiger partial charge < -0.3 is 11.1 Å². The normalized spacial score (nSPS) is 14.9. The van der Waals surface area contributed by atoms with Crippen molar-refractivity contribution in [1.82, 2.24) is 5.32 Å². The van der Waals surface area contributed by atoms with Crippen molar-refractivity contribution in [2.45, 2.75) is 12.8 Å². The number of benzene rings is 1. The van der Waals surface area contributed by atoms with E-state index < -0.39 is 0 Å². The van der Waals surface area contributed by atoms with Gasteiger partial charge in [0, 0.05) is 15.5 Å². The van der Waals surface area contributed by atoms with Crippen molar-refractivity contribution in [2.75, 3.05) is 12.3 Å². The highest BCUT2D eigenvalue weighted by molar-refractivity contribution is 9.11. The van der Waals surface area contributed by atoms with Crippen LogP contribution in [0.4, 0.5) is 5.69 Å². The summed E-state index contributed by atoms with van der Waals surface area (Å²) in [5, 5.41) is 2.90. The molecule has 1 saturated carbocycles. The summed E-state index contributed by atoms with van der Waals surface area (Å²) >= 11 is 6.66. The lowest BCUT2D eigenvalue weighted by Crippen LogP contribution is -2.26. The van der Waals surface area contributed by atoms with Crippen LogP contribution in [0.25, 0.3) is 0 Å². The molecular weight excluding hydrogens is 336 g/mol. The van der Waals surface area contributed by atoms with Crippen molar-refractivity contribution in [3.05, 3.63) is 26.6 Å². The van der Waals surface area contributed by atoms with Crippen molar-refractivity contribution < 1.29 is 4.79 Å². The Morgan fingerprint density at radius 1 is 1.44 bits per heavy atom. The van der Waals surface area contributed by atoms with E-state index >= 15 is 0 Å². The highest BCUT2D eigenvalue weighted by Crippen LogP contribution is 2.29. The summed E-state index contributed by atoms with van der Waals surface area (Å²) in [5.74, 6) is 0.562. The Labute approximate surface area is 111 Å². The van der Waals surface area contributed by atoms with Crippen molar-refractivity contribution in [1.29, 1.82) is 0 Å². The van der Waals surface area contributed by atoms with E-state index in [0.717, 1.165) is 15.5 Å². The lowest BCUT2D eigenvalue weighted by Gasteiger charge is -2.09. The fraction of sp³-hybridized carbons (Fsp3) is 0.364. The Kier molecular flexibility index (Phi) is 3.54. The molecule has 16 heavy (non-hydrogen) atoms. The van der Waals surface area contributed by atoms with Crippen molar-refractivity contribution in [3.63, 3.8) is 0 Å². The smallest absolute Gasteiger partial charge is 0.253 e. The molecule has 1 fully saturated rings. The van der Waals surface area contributed by atoms with Crippen LogP contribution in [0.1, 0.15) is 23.2 Å². The van der Waals surface area contributed by atoms with E-state index in [2.05, 4.69) is 37.2 Å². The number of hydrogen-bond donors (Lipinski definition) is 2. The van der Waals surface area contributed by atoms with Crippen LogP contribution in [-0.4, -0.2) is 12.5 Å². The lowest BCUT2D eigenvalue weighted by molar-refractivity contribution is 0.0952. The molecule has 0 heterocycles. The van der Waals surface area contributed by atoms with Crippen LogP contribution in [0.3, 0.4) is 0 Å². The number of carbonyl (C=O) groups is 1. The third-order valence-corrected chi connectivity index (χ3v) is 3.70. The van der Waals surface area contributed by atoms with Crippen LogP contribution in [0, 0.1) is 5.92 Å². The van der Waals surface area contributed by atoms with Crippen molar-refractivity contribution in [3.8, 4) is 0 Å². The molecule has 0 saturated heterocycles. The maximum absolute atomic E-state index is 11.9. The number of hydrogen-bond acceptors (Lipinski definition) is 2. The minimum atomic E-state index is -0.105. The lowest BCUT2D eigenvalue weighted by atomic mass is 10.1. The number of anilines is 1. The molecule has 1 aromatic rings. The summed E-state index contributed by atoms with van der Waals surface area (Å²) in [6, 6.07) is 3.56. The van der Waals surface area contributed by atoms with E-state index in [-0.39, 0.29) is 5.91 Å². The van der Waals surface area contributed by atoms with Gasteiger partial charge in [-0.3, -0.25) is 4.79 Å². The number of halogens is 2. The summed E-state index contributed by atoms with van der Waals surface area (Å²) in [4.78, 5) is 11.9. The first-order valence-electron chi connectivity index (χ1n) is 5.10. The molecule has 0 radical (unpaired) electrons. The summed E-state index contributed by atoms with van der Waals surface area (Å²) in [6.07, 6.45) is 2.44. The highest BCUT2D eigenvalue weighted by Gasteiger charge is 2.22. The second kappa shape index (κ2) is 4.75. The Morgan fingerprint density at radius 3 is 2.75 bits per heavy atom. The molecule has 0 bridgehead atoms. The average molecular weight is 348 g/mol. The number of carbonyl (C=O) groups excluding carboxylic acids is 1. The van der Waals surface area contributed by atoms with Crippen LogP contribution >= 0.6 is 31.9 Å². The third kappa shape index (κ3) is 2.77. The van der Waals surface area contributed by atoms with E-state index in [1.165, 1.54) is 12.8 Å². The molecule has 1 aliphatic carbocycles. The van der Waals surface area contributed by atoms with E-state index in [9.17, 15) is 4.79 Å². The molecule has 5 heteroatoms. The Hall–Kier alpha value is -0.550. The largest absolute Gasteiger partial charge is 0.397 e. The fourth-order valence-electron chi connectivity index (χ4n) is 1.43. The number of rotatable bonds is 3. The van der Waals surface area contributed by atoms with Gasteiger partial charge in [-0.15, -0.1) is 0 Å². The van der Waals surface area contributed by atoms with Crippen molar-refractivity contribution >= 4 is 43.5 Å². The molecule has 2 rings (SSSR count). The van der Waals surface area contributed by atoms with Gasteiger partial charge in [0.05, 0.1) is 11.3 Å². The molecule has 0 spiro atoms. The molecular formula is C11H12Br2N2O. The molecule has 3 nitrogen and oxygen atoms in total. The van der Waals surface area contributed by atoms with E-state index in [1.54, 1.807) is 6.07 Å². The average Bonchev–Trinajstić information content (AvgIpc) is 3.03. The van der Waals surface area contributed by atoms with Crippen LogP contribution in [0.2, 0.25) is 0 Å². The molecule has 0 atom stereocenters. The summed E-state index contributed by atoms with van der Waals surface area (Å²) < 4.78 is 1.57. The van der Waals surface area contributed by atoms with E-state index in [4.69, 9.17) is 5.73 Å². The monoisotopic (exact) mass is 346 g/mol. The van der Waals surface area contributed by atoms with Crippen LogP contribution in [-0.2, 0) is 0 Å². The van der Waals surface area contributed by atoms with E-state index in [1.807, 2.05) is 6.07 Å². The second-order valence-corrected chi connectivity index (χ2v) is 5.77. The molecule has 86 valence electrons. The SMILES string of the molecule is Nc1c(Br)cc(Br)cc1C(=O)NCC1CC1. The predicted octanol–water partition coefficient (Wildman–Crippen LogP) is 2.93. The zero-order chi connectivity index (χ0) is 11.7. The van der Waals surface area contributed by atoms with E-state index in [0.29, 0.717) is 17.2 Å². The summed E-state index contributed by atoms with van der Waals surface area (Å²) in [5.41, 5.74) is 6.84. The topological polar surface area (TPSA) is 55.1 Å². The van der Waals surface area contributed by atoms with Gasteiger partial charge in [-0.2, -0.15) is 0 Å². The van der Waals surface area contributed by atoms with Gasteiger partial charge in [-0.25, -0.2) is 0 Å². The molecule has 1 aromatic carbocycles. The molecule has 1 amide bonds. The maximum Gasteiger partial charge on any atom is 0.253 e. The highest BCUT2D eigenvalue weighted by atomic mass is 79.9. The first-order chi connectivity index (χ1) is 7.58. The first-order valence-corrected chi connectivity index (χ1v) is 6.69. The molecule has 0 aliphatic heterocycles. The standard InChI is InChI=1S/C11H12Br2N2O/c12-7-3-8(10(14)9(13)4-7)11(16)15-5-6-1-2-6/h3-4,6H,1-2,5,14H2,(H,15,16). The Bertz CT molecular complexity index is 430. The van der Waals surface area contributed by atoms with Gasteiger partial charge in [0.1, 0.15) is 0 Å². The number of nitrogens with two attached hydrogens (primary N) is 1. The summed E-state index contributed by atoms with van der Waals surface area (Å²) in [7, 11) is 0. The van der Waals surface area contributed by atoms with Crippen LogP contribution in [0.5, 0.6) is 0 Å². The Morgan fingerprint density at radius 2 is 2.12 bits per heavy atom. The second-order valence-electron chi connectivity index (χ2n) is 4.00. The quantitative estimate of drug-likeness (QED) is 0.826. The first kappa shape index (κ1) is 11.9. The predicted molar refractivity (Wildman–Crippen MR) is 71.3 cm³/mol. The Balaban J connectivity index is 2.14. The fourth-order valence-corrected chi connectivity index (χ4v) is 2.65. The number of amides is 1. The van der Waals surface area contributed by atoms with Gasteiger partial charge >= 0.3 is 0 Å². The van der Waals surface area contributed by atoms with Gasteiger partial charge in [0.15, 0.2) is 0 Å². The summed E-state index contributed by atoms with van der Waals surface area (Å²) in [6.45, 7) is 0.752. The molecule has 1 aliphatic rings. The van der Waals surface area contributed by atoms with Crippen molar-refractivity contribution in [2.24, 2.45) is 5.92 Å². The minimum Gasteiger partial charge on any atom is -0.397 e. The van der Waals surface area contributed by atoms with Gasteiger partial charge in [0.25, 0.3) is 5.91 Å². The molecule has 3 N–H and O–H groups in total. The van der Waals surface area contributed by atoms with Crippen LogP contribution in [0.15, 0.2) is 21.1 Å². The minimum absolute atomic E-state index is 0.105. The van der Waals surface area contributed by atoms with Gasteiger partial charge in [-0.1, -0.05) is 15.9 Å². The molecule has 0 aromatic heterocycles. The van der Waals surface area contributed by atoms with Crippen LogP contribution < -0.4 is 11.1 Å². The zero-order valence-electron chi connectivity index (χ0n) is 8.59. The number of nitrogen functional groups attached to an aromatic ring is 1. The third-order valence-electron chi connectivity index (χ3n) is 2.59. The van der Waals surface area contributed by atoms with Gasteiger partial charge in [-0.05, 0) is 46.8 Å². The number of nitrogens with one attached hydrogen (secondary N) is 1.